The summed E-state index contributed by atoms with van der Waals surface area (Å²) in [6.07, 6.45) is -4.77. The molecule has 2 aromatic heterocycles. The first-order valence-corrected chi connectivity index (χ1v) is 22.4. The Morgan fingerprint density at radius 1 is 0.906 bits per heavy atom. The van der Waals surface area contributed by atoms with Crippen molar-refractivity contribution >= 4 is 38.3 Å². The van der Waals surface area contributed by atoms with Crippen LogP contribution in [-0.4, -0.2) is 91.2 Å². The second-order valence-electron chi connectivity index (χ2n) is 17.4. The number of piperazine rings is 1. The second-order valence-corrected chi connectivity index (χ2v) is 19.3. The van der Waals surface area contributed by atoms with Gasteiger partial charge in [-0.1, -0.05) is 24.3 Å². The molecule has 340 valence electrons. The molecule has 64 heavy (non-hydrogen) atoms. The molecular formula is C45H47F5N6O7S. The van der Waals surface area contributed by atoms with E-state index in [0.29, 0.717) is 35.5 Å². The molecule has 0 radical (unpaired) electrons. The zero-order valence-electron chi connectivity index (χ0n) is 36.4. The fourth-order valence-corrected chi connectivity index (χ4v) is 9.56. The summed E-state index contributed by atoms with van der Waals surface area (Å²) in [7, 11) is -1.28. The summed E-state index contributed by atoms with van der Waals surface area (Å²) in [5.41, 5.74) is -4.53. The van der Waals surface area contributed by atoms with E-state index in [2.05, 4.69) is 15.0 Å². The van der Waals surface area contributed by atoms with Crippen molar-refractivity contribution in [3.8, 4) is 28.6 Å². The lowest BCUT2D eigenvalue weighted by Gasteiger charge is -2.48. The summed E-state index contributed by atoms with van der Waals surface area (Å²) in [4.78, 5) is 31.5. The van der Waals surface area contributed by atoms with Crippen LogP contribution in [0.15, 0.2) is 59.8 Å². The van der Waals surface area contributed by atoms with Gasteiger partial charge in [0, 0.05) is 31.5 Å². The molecule has 0 N–H and O–H groups in total. The van der Waals surface area contributed by atoms with Crippen molar-refractivity contribution in [3.63, 3.8) is 0 Å². The van der Waals surface area contributed by atoms with Crippen LogP contribution in [-0.2, 0) is 33.8 Å². The van der Waals surface area contributed by atoms with Crippen molar-refractivity contribution in [2.45, 2.75) is 102 Å². The van der Waals surface area contributed by atoms with Crippen LogP contribution in [0.1, 0.15) is 62.8 Å². The number of hydrogen-bond acceptors (Lipinski definition) is 12. The van der Waals surface area contributed by atoms with Crippen LogP contribution in [0.5, 0.6) is 17.4 Å². The van der Waals surface area contributed by atoms with Crippen LogP contribution in [0, 0.1) is 18.6 Å². The van der Waals surface area contributed by atoms with E-state index in [1.807, 2.05) is 0 Å². The number of fused-ring (bicyclic) bond motifs is 5. The van der Waals surface area contributed by atoms with Crippen LogP contribution >= 0.6 is 0 Å². The highest BCUT2D eigenvalue weighted by Crippen LogP contribution is 2.49. The van der Waals surface area contributed by atoms with E-state index in [1.165, 1.54) is 19.1 Å². The minimum absolute atomic E-state index is 0.00923. The molecule has 3 aromatic carbocycles. The summed E-state index contributed by atoms with van der Waals surface area (Å²) in [6, 6.07) is 12.9. The van der Waals surface area contributed by atoms with Crippen molar-refractivity contribution in [2.24, 2.45) is 0 Å². The molecule has 0 saturated carbocycles. The van der Waals surface area contributed by atoms with Crippen molar-refractivity contribution in [2.75, 3.05) is 36.8 Å². The summed E-state index contributed by atoms with van der Waals surface area (Å²) in [5, 5.41) is -0.953. The average Bonchev–Trinajstić information content (AvgIpc) is 3.47. The number of carbonyl (C=O) groups is 1. The van der Waals surface area contributed by atoms with Gasteiger partial charge in [0.05, 0.1) is 43.6 Å². The molecule has 4 atom stereocenters. The number of amides is 1. The van der Waals surface area contributed by atoms with Gasteiger partial charge in [-0.05, 0) is 94.5 Å². The van der Waals surface area contributed by atoms with Crippen LogP contribution in [0.25, 0.3) is 22.2 Å². The Morgan fingerprint density at radius 2 is 1.50 bits per heavy atom. The minimum atomic E-state index is -5.24. The van der Waals surface area contributed by atoms with E-state index < -0.39 is 96.6 Å². The highest BCUT2D eigenvalue weighted by Gasteiger charge is 2.54. The van der Waals surface area contributed by atoms with Crippen LogP contribution in [0.3, 0.4) is 0 Å². The molecule has 3 aliphatic heterocycles. The lowest BCUT2D eigenvalue weighted by atomic mass is 9.95. The van der Waals surface area contributed by atoms with Gasteiger partial charge >= 0.3 is 12.3 Å². The maximum absolute atomic E-state index is 17.6. The van der Waals surface area contributed by atoms with Gasteiger partial charge in [-0.25, -0.2) is 36.9 Å². The molecule has 2 bridgehead atoms. The smallest absolute Gasteiger partial charge is 0.417 e. The Balaban J connectivity index is 1.33. The van der Waals surface area contributed by atoms with Crippen molar-refractivity contribution in [1.82, 2.24) is 19.9 Å². The molecule has 13 nitrogen and oxygen atoms in total. The Morgan fingerprint density at radius 3 is 2.03 bits per heavy atom. The molecule has 8 rings (SSSR count). The number of anilines is 2. The SMILES string of the molecule is COc1ccc(CN(Cc2ccc(OC)cc2)c2cc(-c3nc4c5c(nc(S(C)(=O)=O)nc5c3F)N3C[C@H]5CC[C@@H]([C@H]3[C@H](C)O4)N5C(=O)OC(C)(C)C)c(C(F)(F)F)c(C)c2F)cc1. The highest BCUT2D eigenvalue weighted by atomic mass is 32.2. The molecule has 2 fully saturated rings. The molecule has 1 amide bonds. The maximum Gasteiger partial charge on any atom is 0.417 e. The lowest BCUT2D eigenvalue weighted by Crippen LogP contribution is -2.65. The molecule has 0 unspecified atom stereocenters. The third kappa shape index (κ3) is 8.18. The summed E-state index contributed by atoms with van der Waals surface area (Å²) >= 11 is 0. The molecule has 5 heterocycles. The molecule has 5 aromatic rings. The standard InChI is InChI=1S/C45H47F5N6O7S/c1-23-34(45(48,49)50)30(19-32(35(23)46)54(20-25-9-14-28(60-6)15-10-25)21-26-11-16-29(61-7)17-12-26)37-36(47)38-33-40(53-42(52-38)64(8,58)59)55-22-27-13-18-31(39(55)24(2)62-41(33)51-37)56(27)43(57)63-44(3,4)5/h9-12,14-17,19,24,27,31,39H,13,18,20-22H2,1-8H3/t24-,27+,31-,39+/m0/s1. The van der Waals surface area contributed by atoms with Crippen molar-refractivity contribution < 1.29 is 54.1 Å². The minimum Gasteiger partial charge on any atom is -0.497 e. The number of benzene rings is 3. The number of nitrogens with zero attached hydrogens (tertiary/aromatic N) is 6. The summed E-state index contributed by atoms with van der Waals surface area (Å²) in [6.45, 7) is 7.96. The van der Waals surface area contributed by atoms with Gasteiger partial charge in [-0.3, -0.25) is 4.90 Å². The molecule has 0 aliphatic carbocycles. The number of rotatable bonds is 9. The van der Waals surface area contributed by atoms with Crippen LogP contribution in [0.2, 0.25) is 0 Å². The quantitative estimate of drug-likeness (QED) is 0.103. The normalized spacial score (nSPS) is 19.5. The Kier molecular flexibility index (Phi) is 11.3. The fourth-order valence-electron chi connectivity index (χ4n) is 9.05. The Bertz CT molecular complexity index is 2700. The van der Waals surface area contributed by atoms with Gasteiger partial charge in [0.15, 0.2) is 5.82 Å². The van der Waals surface area contributed by atoms with Gasteiger partial charge in [0.2, 0.25) is 20.9 Å². The van der Waals surface area contributed by atoms with Gasteiger partial charge in [0.25, 0.3) is 0 Å². The van der Waals surface area contributed by atoms with Crippen molar-refractivity contribution in [1.29, 1.82) is 0 Å². The van der Waals surface area contributed by atoms with Gasteiger partial charge < -0.3 is 28.7 Å². The number of aromatic nitrogens is 3. The molecule has 19 heteroatoms. The molecule has 0 spiro atoms. The first-order chi connectivity index (χ1) is 30.1. The van der Waals surface area contributed by atoms with E-state index in [0.717, 1.165) is 19.2 Å². The maximum atomic E-state index is 17.6. The van der Waals surface area contributed by atoms with Crippen molar-refractivity contribution in [3.05, 3.63) is 88.5 Å². The number of carbonyl (C=O) groups excluding carboxylic acids is 1. The Hall–Kier alpha value is -5.98. The fraction of sp³-hybridized carbons (Fsp3) is 0.422. The summed E-state index contributed by atoms with van der Waals surface area (Å²) in [5.74, 6) is -1.94. The van der Waals surface area contributed by atoms with E-state index in [1.54, 1.807) is 86.0 Å². The number of ether oxygens (including phenoxy) is 4. The lowest BCUT2D eigenvalue weighted by molar-refractivity contribution is -0.137. The number of sulfone groups is 1. The largest absolute Gasteiger partial charge is 0.497 e. The number of halogens is 5. The van der Waals surface area contributed by atoms with Crippen LogP contribution in [0.4, 0.5) is 38.3 Å². The molecule has 3 aliphatic rings. The highest BCUT2D eigenvalue weighted by molar-refractivity contribution is 7.90. The Labute approximate surface area is 367 Å². The number of pyridine rings is 1. The number of hydrogen-bond donors (Lipinski definition) is 0. The van der Waals surface area contributed by atoms with E-state index >= 15 is 22.0 Å². The first-order valence-electron chi connectivity index (χ1n) is 20.5. The molecule has 2 saturated heterocycles. The van der Waals surface area contributed by atoms with E-state index in [4.69, 9.17) is 18.9 Å². The summed E-state index contributed by atoms with van der Waals surface area (Å²) < 4.78 is 130. The third-order valence-corrected chi connectivity index (χ3v) is 12.7. The first kappa shape index (κ1) is 44.6. The third-order valence-electron chi connectivity index (χ3n) is 11.8. The number of alkyl halides is 3. The predicted octanol–water partition coefficient (Wildman–Crippen LogP) is 8.66. The molecular weight excluding hydrogens is 864 g/mol. The second kappa shape index (κ2) is 16.2. The zero-order valence-corrected chi connectivity index (χ0v) is 37.2. The van der Waals surface area contributed by atoms with Gasteiger partial charge in [0.1, 0.15) is 51.4 Å². The van der Waals surface area contributed by atoms with Crippen LogP contribution < -0.4 is 24.0 Å². The zero-order chi connectivity index (χ0) is 46.2. The topological polar surface area (TPSA) is 137 Å². The monoisotopic (exact) mass is 910 g/mol. The van der Waals surface area contributed by atoms with Gasteiger partial charge in [-0.2, -0.15) is 13.2 Å². The van der Waals surface area contributed by atoms with Gasteiger partial charge in [-0.15, -0.1) is 0 Å². The van der Waals surface area contributed by atoms with E-state index in [9.17, 15) is 13.2 Å². The number of methoxy groups -OCH3 is 2. The van der Waals surface area contributed by atoms with E-state index in [-0.39, 0.29) is 42.4 Å². The predicted molar refractivity (Wildman–Crippen MR) is 228 cm³/mol. The average molecular weight is 911 g/mol.